The summed E-state index contributed by atoms with van der Waals surface area (Å²) in [4.78, 5) is 0. The third-order valence-corrected chi connectivity index (χ3v) is 2.54. The summed E-state index contributed by atoms with van der Waals surface area (Å²) in [6.07, 6.45) is 2.22. The van der Waals surface area contributed by atoms with E-state index >= 15 is 0 Å². The predicted octanol–water partition coefficient (Wildman–Crippen LogP) is 2.85. The molecule has 0 radical (unpaired) electrons. The smallest absolute Gasteiger partial charge is 0.127 e. The highest BCUT2D eigenvalue weighted by atomic mass is 16.5. The maximum Gasteiger partial charge on any atom is 0.127 e. The fourth-order valence-corrected chi connectivity index (χ4v) is 1.64. The highest BCUT2D eigenvalue weighted by Crippen LogP contribution is 2.25. The molecular formula is C14H19NO. The number of para-hydroxylation sites is 1. The van der Waals surface area contributed by atoms with Crippen molar-refractivity contribution < 1.29 is 4.74 Å². The first-order valence-corrected chi connectivity index (χ1v) is 5.71. The van der Waals surface area contributed by atoms with E-state index in [1.54, 1.807) is 0 Å². The molecule has 0 aliphatic carbocycles. The molecule has 1 aromatic carbocycles. The Hall–Kier alpha value is -1.28. The van der Waals surface area contributed by atoms with Crippen molar-refractivity contribution in [3.05, 3.63) is 35.4 Å². The minimum atomic E-state index is 0.151. The fraction of sp³-hybridized carbons (Fsp3) is 0.429. The average molecular weight is 217 g/mol. The number of rotatable bonds is 2. The van der Waals surface area contributed by atoms with Crippen molar-refractivity contribution in [2.24, 2.45) is 0 Å². The van der Waals surface area contributed by atoms with E-state index in [0.717, 1.165) is 12.3 Å². The van der Waals surface area contributed by atoms with Crippen LogP contribution in [0, 0.1) is 0 Å². The summed E-state index contributed by atoms with van der Waals surface area (Å²) in [6, 6.07) is 8.15. The van der Waals surface area contributed by atoms with Crippen LogP contribution in [-0.2, 0) is 0 Å². The molecule has 2 rings (SSSR count). The lowest BCUT2D eigenvalue weighted by molar-refractivity contribution is 0.336. The maximum atomic E-state index is 5.69. The third-order valence-electron chi connectivity index (χ3n) is 2.54. The van der Waals surface area contributed by atoms with Gasteiger partial charge < -0.3 is 10.1 Å². The van der Waals surface area contributed by atoms with Crippen LogP contribution in [0.15, 0.2) is 29.8 Å². The molecule has 2 heteroatoms. The van der Waals surface area contributed by atoms with Crippen molar-refractivity contribution in [2.45, 2.75) is 26.3 Å². The Kier molecular flexibility index (Phi) is 3.01. The van der Waals surface area contributed by atoms with E-state index in [4.69, 9.17) is 4.74 Å². The van der Waals surface area contributed by atoms with Crippen molar-refractivity contribution in [3.8, 4) is 5.75 Å². The van der Waals surface area contributed by atoms with Gasteiger partial charge in [0.1, 0.15) is 12.4 Å². The number of hydrogen-bond acceptors (Lipinski definition) is 2. The standard InChI is InChI=1S/C14H19NO/c1-14(2,3)15-9-11-8-12-6-4-5-7-13(12)16-10-11/h4-8,15H,9-10H2,1-3H3. The lowest BCUT2D eigenvalue weighted by Gasteiger charge is -2.24. The average Bonchev–Trinajstić information content (AvgIpc) is 2.25. The molecule has 0 bridgehead atoms. The van der Waals surface area contributed by atoms with Crippen molar-refractivity contribution in [1.29, 1.82) is 0 Å². The molecule has 0 unspecified atom stereocenters. The van der Waals surface area contributed by atoms with Crippen LogP contribution >= 0.6 is 0 Å². The van der Waals surface area contributed by atoms with Crippen LogP contribution in [0.5, 0.6) is 5.75 Å². The lowest BCUT2D eigenvalue weighted by atomic mass is 10.1. The van der Waals surface area contributed by atoms with Gasteiger partial charge in [0, 0.05) is 17.6 Å². The first-order chi connectivity index (χ1) is 7.54. The Bertz CT molecular complexity index is 401. The first kappa shape index (κ1) is 11.2. The van der Waals surface area contributed by atoms with E-state index in [0.29, 0.717) is 6.61 Å². The van der Waals surface area contributed by atoms with Crippen LogP contribution in [0.25, 0.3) is 6.08 Å². The summed E-state index contributed by atoms with van der Waals surface area (Å²) in [5, 5.41) is 3.47. The Balaban J connectivity index is 2.07. The lowest BCUT2D eigenvalue weighted by Crippen LogP contribution is -2.38. The molecule has 1 aromatic rings. The van der Waals surface area contributed by atoms with E-state index in [9.17, 15) is 0 Å². The molecular weight excluding hydrogens is 198 g/mol. The van der Waals surface area contributed by atoms with Crippen LogP contribution in [0.4, 0.5) is 0 Å². The van der Waals surface area contributed by atoms with Crippen LogP contribution in [0.3, 0.4) is 0 Å². The molecule has 86 valence electrons. The van der Waals surface area contributed by atoms with Crippen LogP contribution in [0.2, 0.25) is 0 Å². The summed E-state index contributed by atoms with van der Waals surface area (Å²) < 4.78 is 5.69. The summed E-state index contributed by atoms with van der Waals surface area (Å²) in [5.41, 5.74) is 2.63. The van der Waals surface area contributed by atoms with Crippen molar-refractivity contribution in [1.82, 2.24) is 5.32 Å². The normalized spacial score (nSPS) is 15.1. The third kappa shape index (κ3) is 2.86. The monoisotopic (exact) mass is 217 g/mol. The molecule has 1 N–H and O–H groups in total. The Labute approximate surface area is 97.3 Å². The van der Waals surface area contributed by atoms with Crippen LogP contribution in [-0.4, -0.2) is 18.7 Å². The molecule has 16 heavy (non-hydrogen) atoms. The van der Waals surface area contributed by atoms with E-state index in [1.807, 2.05) is 18.2 Å². The second-order valence-corrected chi connectivity index (χ2v) is 5.23. The zero-order valence-electron chi connectivity index (χ0n) is 10.2. The molecule has 0 fully saturated rings. The SMILES string of the molecule is CC(C)(C)NCC1=Cc2ccccc2OC1. The first-order valence-electron chi connectivity index (χ1n) is 5.71. The van der Waals surface area contributed by atoms with Crippen molar-refractivity contribution in [2.75, 3.05) is 13.2 Å². The van der Waals surface area contributed by atoms with Crippen molar-refractivity contribution >= 4 is 6.08 Å². The van der Waals surface area contributed by atoms with E-state index in [2.05, 4.69) is 38.2 Å². The molecule has 2 nitrogen and oxygen atoms in total. The van der Waals surface area contributed by atoms with Gasteiger partial charge in [-0.05, 0) is 38.5 Å². The quantitative estimate of drug-likeness (QED) is 0.822. The highest BCUT2D eigenvalue weighted by molar-refractivity contribution is 5.62. The topological polar surface area (TPSA) is 21.3 Å². The Morgan fingerprint density at radius 3 is 2.75 bits per heavy atom. The highest BCUT2D eigenvalue weighted by Gasteiger charge is 2.13. The number of ether oxygens (including phenoxy) is 1. The summed E-state index contributed by atoms with van der Waals surface area (Å²) >= 11 is 0. The molecule has 1 aliphatic rings. The predicted molar refractivity (Wildman–Crippen MR) is 67.7 cm³/mol. The Morgan fingerprint density at radius 1 is 1.25 bits per heavy atom. The van der Waals surface area contributed by atoms with Gasteiger partial charge in [-0.25, -0.2) is 0 Å². The second-order valence-electron chi connectivity index (χ2n) is 5.23. The largest absolute Gasteiger partial charge is 0.489 e. The number of nitrogens with one attached hydrogen (secondary N) is 1. The van der Waals surface area contributed by atoms with E-state index in [-0.39, 0.29) is 5.54 Å². The summed E-state index contributed by atoms with van der Waals surface area (Å²) in [5.74, 6) is 0.988. The molecule has 0 amide bonds. The minimum Gasteiger partial charge on any atom is -0.489 e. The van der Waals surface area contributed by atoms with Gasteiger partial charge in [-0.2, -0.15) is 0 Å². The van der Waals surface area contributed by atoms with Gasteiger partial charge in [0.25, 0.3) is 0 Å². The molecule has 1 aliphatic heterocycles. The van der Waals surface area contributed by atoms with E-state index < -0.39 is 0 Å². The minimum absolute atomic E-state index is 0.151. The zero-order chi connectivity index (χ0) is 11.6. The van der Waals surface area contributed by atoms with Gasteiger partial charge in [-0.15, -0.1) is 0 Å². The van der Waals surface area contributed by atoms with Gasteiger partial charge in [-0.1, -0.05) is 18.2 Å². The maximum absolute atomic E-state index is 5.69. The number of fused-ring (bicyclic) bond motifs is 1. The van der Waals surface area contributed by atoms with Gasteiger partial charge in [-0.3, -0.25) is 0 Å². The zero-order valence-corrected chi connectivity index (χ0v) is 10.2. The summed E-state index contributed by atoms with van der Waals surface area (Å²) in [7, 11) is 0. The molecule has 0 spiro atoms. The van der Waals surface area contributed by atoms with E-state index in [1.165, 1.54) is 11.1 Å². The Morgan fingerprint density at radius 2 is 2.00 bits per heavy atom. The van der Waals surface area contributed by atoms with Crippen LogP contribution in [0.1, 0.15) is 26.3 Å². The van der Waals surface area contributed by atoms with Gasteiger partial charge in [0.2, 0.25) is 0 Å². The summed E-state index contributed by atoms with van der Waals surface area (Å²) in [6.45, 7) is 8.10. The number of benzene rings is 1. The van der Waals surface area contributed by atoms with Gasteiger partial charge in [0.05, 0.1) is 0 Å². The molecule has 0 aromatic heterocycles. The van der Waals surface area contributed by atoms with Gasteiger partial charge >= 0.3 is 0 Å². The molecule has 0 atom stereocenters. The van der Waals surface area contributed by atoms with Crippen molar-refractivity contribution in [3.63, 3.8) is 0 Å². The second kappa shape index (κ2) is 4.30. The van der Waals surface area contributed by atoms with Gasteiger partial charge in [0.15, 0.2) is 0 Å². The fourth-order valence-electron chi connectivity index (χ4n) is 1.64. The molecule has 0 saturated carbocycles. The molecule has 1 heterocycles. The molecule has 0 saturated heterocycles. The van der Waals surface area contributed by atoms with Crippen LogP contribution < -0.4 is 10.1 Å². The number of hydrogen-bond donors (Lipinski definition) is 1.